The summed E-state index contributed by atoms with van der Waals surface area (Å²) in [5.41, 5.74) is 9.47. The van der Waals surface area contributed by atoms with Gasteiger partial charge in [0.1, 0.15) is 0 Å². The quantitative estimate of drug-likeness (QED) is 0.729. The van der Waals surface area contributed by atoms with E-state index in [1.54, 1.807) is 0 Å². The molecule has 0 aliphatic carbocycles. The van der Waals surface area contributed by atoms with Gasteiger partial charge in [0, 0.05) is 6.54 Å². The topological polar surface area (TPSA) is 111 Å². The van der Waals surface area contributed by atoms with Crippen LogP contribution in [0.4, 0.5) is 18.9 Å². The van der Waals surface area contributed by atoms with Gasteiger partial charge in [-0.3, -0.25) is 0 Å². The van der Waals surface area contributed by atoms with Crippen molar-refractivity contribution >= 4 is 11.7 Å². The second-order valence-corrected chi connectivity index (χ2v) is 2.94. The number of halogens is 3. The van der Waals surface area contributed by atoms with E-state index in [4.69, 9.17) is 16.6 Å². The summed E-state index contributed by atoms with van der Waals surface area (Å²) in [5.74, 6) is -2.52. The van der Waals surface area contributed by atoms with E-state index >= 15 is 0 Å². The van der Waals surface area contributed by atoms with E-state index in [9.17, 15) is 18.0 Å². The number of aromatic carboxylic acids is 1. The molecule has 0 unspecified atom stereocenters. The number of nitrogens with zero attached hydrogens (tertiary/aromatic N) is 1. The monoisotopic (exact) mass is 251 g/mol. The van der Waals surface area contributed by atoms with Crippen molar-refractivity contribution in [3.8, 4) is 5.88 Å². The highest BCUT2D eigenvalue weighted by Gasteiger charge is 2.33. The summed E-state index contributed by atoms with van der Waals surface area (Å²) < 4.78 is 39.5. The number of hydrogen-bond acceptors (Lipinski definition) is 5. The molecule has 0 aromatic carbocycles. The molecular weight excluding hydrogens is 243 g/mol. The largest absolute Gasteiger partial charge is 0.574 e. The summed E-state index contributed by atoms with van der Waals surface area (Å²) in [7, 11) is 0. The third-order valence-electron chi connectivity index (χ3n) is 1.76. The molecule has 0 bridgehead atoms. The molecule has 1 rings (SSSR count). The van der Waals surface area contributed by atoms with Crippen LogP contribution in [0.5, 0.6) is 5.88 Å². The lowest BCUT2D eigenvalue weighted by atomic mass is 10.2. The highest BCUT2D eigenvalue weighted by Crippen LogP contribution is 2.29. The molecule has 0 spiro atoms. The van der Waals surface area contributed by atoms with Crippen molar-refractivity contribution in [2.45, 2.75) is 12.9 Å². The number of pyridine rings is 1. The van der Waals surface area contributed by atoms with Crippen LogP contribution in [0.25, 0.3) is 0 Å². The van der Waals surface area contributed by atoms with Gasteiger partial charge in [-0.1, -0.05) is 0 Å². The number of nitrogen functional groups attached to an aromatic ring is 1. The van der Waals surface area contributed by atoms with E-state index < -0.39 is 29.6 Å². The molecule has 0 saturated carbocycles. The number of nitrogens with two attached hydrogens (primary N) is 2. The molecule has 0 aliphatic heterocycles. The minimum atomic E-state index is -5.01. The van der Waals surface area contributed by atoms with Crippen molar-refractivity contribution in [1.82, 2.24) is 4.98 Å². The van der Waals surface area contributed by atoms with Gasteiger partial charge in [-0.15, -0.1) is 13.2 Å². The van der Waals surface area contributed by atoms with Crippen molar-refractivity contribution in [3.63, 3.8) is 0 Å². The second kappa shape index (κ2) is 4.45. The second-order valence-electron chi connectivity index (χ2n) is 2.94. The van der Waals surface area contributed by atoms with Gasteiger partial charge < -0.3 is 21.3 Å². The van der Waals surface area contributed by atoms with Gasteiger partial charge in [-0.05, 0) is 11.6 Å². The Balaban J connectivity index is 3.28. The molecule has 94 valence electrons. The van der Waals surface area contributed by atoms with Crippen molar-refractivity contribution in [2.24, 2.45) is 5.73 Å². The van der Waals surface area contributed by atoms with E-state index in [0.29, 0.717) is 0 Å². The molecule has 0 atom stereocenters. The average molecular weight is 251 g/mol. The Bertz CT molecular complexity index is 448. The highest BCUT2D eigenvalue weighted by atomic mass is 19.4. The summed E-state index contributed by atoms with van der Waals surface area (Å²) in [6.45, 7) is -0.233. The van der Waals surface area contributed by atoms with Gasteiger partial charge in [0.15, 0.2) is 5.69 Å². The maximum atomic E-state index is 12.0. The Morgan fingerprint density at radius 2 is 2.12 bits per heavy atom. The molecule has 9 heteroatoms. The van der Waals surface area contributed by atoms with Crippen LogP contribution in [0.1, 0.15) is 16.1 Å². The maximum Gasteiger partial charge on any atom is 0.574 e. The number of carbonyl (C=O) groups is 1. The van der Waals surface area contributed by atoms with Gasteiger partial charge in [0.2, 0.25) is 5.88 Å². The predicted octanol–water partition coefficient (Wildman–Crippen LogP) is 0.719. The first-order valence-corrected chi connectivity index (χ1v) is 4.23. The van der Waals surface area contributed by atoms with Crippen LogP contribution in [-0.2, 0) is 6.54 Å². The summed E-state index contributed by atoms with van der Waals surface area (Å²) >= 11 is 0. The molecule has 0 aliphatic rings. The molecule has 17 heavy (non-hydrogen) atoms. The minimum absolute atomic E-state index is 0.0108. The number of carboxylic acids is 1. The van der Waals surface area contributed by atoms with Crippen molar-refractivity contribution < 1.29 is 27.8 Å². The Morgan fingerprint density at radius 1 is 1.53 bits per heavy atom. The number of anilines is 1. The van der Waals surface area contributed by atoms with Gasteiger partial charge in [0.05, 0.1) is 5.69 Å². The zero-order valence-corrected chi connectivity index (χ0v) is 8.28. The number of rotatable bonds is 3. The zero-order valence-electron chi connectivity index (χ0n) is 8.28. The third kappa shape index (κ3) is 3.21. The van der Waals surface area contributed by atoms with Crippen LogP contribution in [0.2, 0.25) is 0 Å². The Kier molecular flexibility index (Phi) is 3.42. The van der Waals surface area contributed by atoms with Gasteiger partial charge >= 0.3 is 12.3 Å². The summed E-state index contributed by atoms with van der Waals surface area (Å²) in [6.07, 6.45) is -5.01. The summed E-state index contributed by atoms with van der Waals surface area (Å²) in [5, 5.41) is 8.64. The molecule has 1 aromatic heterocycles. The summed E-state index contributed by atoms with van der Waals surface area (Å²) in [6, 6.07) is 0.987. The first-order valence-electron chi connectivity index (χ1n) is 4.23. The van der Waals surface area contributed by atoms with E-state index in [-0.39, 0.29) is 12.1 Å². The minimum Gasteiger partial charge on any atom is -0.477 e. The van der Waals surface area contributed by atoms with E-state index in [0.717, 1.165) is 6.07 Å². The van der Waals surface area contributed by atoms with E-state index in [1.165, 1.54) is 0 Å². The Morgan fingerprint density at radius 3 is 2.53 bits per heavy atom. The van der Waals surface area contributed by atoms with Crippen molar-refractivity contribution in [3.05, 3.63) is 17.3 Å². The Labute approximate surface area is 93.0 Å². The zero-order chi connectivity index (χ0) is 13.2. The van der Waals surface area contributed by atoms with Gasteiger partial charge in [-0.2, -0.15) is 0 Å². The lowest BCUT2D eigenvalue weighted by molar-refractivity contribution is -0.275. The van der Waals surface area contributed by atoms with Crippen LogP contribution >= 0.6 is 0 Å². The number of aromatic nitrogens is 1. The fourth-order valence-corrected chi connectivity index (χ4v) is 1.05. The molecule has 0 fully saturated rings. The lowest BCUT2D eigenvalue weighted by Crippen LogP contribution is -2.20. The van der Waals surface area contributed by atoms with Crippen LogP contribution in [0, 0.1) is 0 Å². The molecule has 0 amide bonds. The third-order valence-corrected chi connectivity index (χ3v) is 1.76. The number of alkyl halides is 3. The fourth-order valence-electron chi connectivity index (χ4n) is 1.05. The summed E-state index contributed by atoms with van der Waals surface area (Å²) in [4.78, 5) is 13.8. The number of hydrogen-bond donors (Lipinski definition) is 3. The Hall–Kier alpha value is -2.03. The molecular formula is C8H8F3N3O3. The first-order chi connectivity index (χ1) is 7.74. The van der Waals surface area contributed by atoms with E-state index in [2.05, 4.69) is 9.72 Å². The SMILES string of the molecule is NCc1cc(C(=O)O)nc(OC(F)(F)F)c1N. The molecule has 6 nitrogen and oxygen atoms in total. The normalized spacial score (nSPS) is 11.3. The van der Waals surface area contributed by atoms with Crippen LogP contribution < -0.4 is 16.2 Å². The molecule has 5 N–H and O–H groups in total. The van der Waals surface area contributed by atoms with Gasteiger partial charge in [-0.25, -0.2) is 9.78 Å². The van der Waals surface area contributed by atoms with Gasteiger partial charge in [0.25, 0.3) is 0 Å². The smallest absolute Gasteiger partial charge is 0.477 e. The molecule has 0 radical (unpaired) electrons. The average Bonchev–Trinajstić information content (AvgIpc) is 2.18. The van der Waals surface area contributed by atoms with Crippen LogP contribution in [0.15, 0.2) is 6.07 Å². The van der Waals surface area contributed by atoms with Crippen LogP contribution in [0.3, 0.4) is 0 Å². The van der Waals surface area contributed by atoms with Crippen LogP contribution in [-0.4, -0.2) is 22.4 Å². The van der Waals surface area contributed by atoms with Crippen molar-refractivity contribution in [1.29, 1.82) is 0 Å². The molecule has 1 heterocycles. The highest BCUT2D eigenvalue weighted by molar-refractivity contribution is 5.86. The first kappa shape index (κ1) is 13.0. The molecule has 0 saturated heterocycles. The van der Waals surface area contributed by atoms with Crippen molar-refractivity contribution in [2.75, 3.05) is 5.73 Å². The number of ether oxygens (including phenoxy) is 1. The number of carboxylic acid groups (broad SMARTS) is 1. The lowest BCUT2D eigenvalue weighted by Gasteiger charge is -2.12. The predicted molar refractivity (Wildman–Crippen MR) is 50.2 cm³/mol. The van der Waals surface area contributed by atoms with E-state index in [1.807, 2.05) is 0 Å². The maximum absolute atomic E-state index is 12.0. The molecule has 1 aromatic rings. The standard InChI is InChI=1S/C8H8F3N3O3/c9-8(10,11)17-6-5(13)3(2-12)1-4(14-6)7(15)16/h1H,2,12-13H2,(H,15,16). The fraction of sp³-hybridized carbons (Fsp3) is 0.250.